The second kappa shape index (κ2) is 10.5. The first kappa shape index (κ1) is 25.4. The summed E-state index contributed by atoms with van der Waals surface area (Å²) in [6, 6.07) is 13.8. The maximum atomic E-state index is 14.2. The number of para-hydroxylation sites is 1. The third kappa shape index (κ3) is 3.95. The van der Waals surface area contributed by atoms with E-state index in [1.54, 1.807) is 48.4 Å². The first-order valence-corrected chi connectivity index (χ1v) is 12.4. The molecule has 190 valence electrons. The lowest BCUT2D eigenvalue weighted by Crippen LogP contribution is -2.52. The molecule has 1 spiro atoms. The van der Waals surface area contributed by atoms with Gasteiger partial charge in [0.05, 0.1) is 17.9 Å². The lowest BCUT2D eigenvalue weighted by atomic mass is 9.82. The third-order valence-corrected chi connectivity index (χ3v) is 6.59. The molecule has 2 aliphatic rings. The standard InChI is InChI=1S/C28H32N2O6/c1-4-15-29-22-10-7-6-9-21(22)28(27(29)34)23(25(32)26(33)30(28)16-8-18-35-3)24(31)19-11-13-20(14-12-19)36-17-5-2/h6-7,9-14,31H,4-5,8,15-18H2,1-3H3/b24-23-/t28-/m1/s1. The van der Waals surface area contributed by atoms with E-state index in [1.165, 1.54) is 4.90 Å². The number of hydrogen-bond acceptors (Lipinski definition) is 6. The highest BCUT2D eigenvalue weighted by atomic mass is 16.5. The van der Waals surface area contributed by atoms with Gasteiger partial charge in [-0.1, -0.05) is 32.0 Å². The van der Waals surface area contributed by atoms with Crippen molar-refractivity contribution in [3.8, 4) is 5.75 Å². The number of carbonyl (C=O) groups is 3. The summed E-state index contributed by atoms with van der Waals surface area (Å²) in [5, 5.41) is 11.5. The van der Waals surface area contributed by atoms with Gasteiger partial charge in [-0.15, -0.1) is 0 Å². The van der Waals surface area contributed by atoms with Gasteiger partial charge in [-0.2, -0.15) is 0 Å². The van der Waals surface area contributed by atoms with Crippen LogP contribution in [0.2, 0.25) is 0 Å². The molecule has 0 saturated carbocycles. The molecule has 2 aromatic rings. The Kier molecular flexibility index (Phi) is 7.45. The van der Waals surface area contributed by atoms with Crippen LogP contribution in [0.5, 0.6) is 5.75 Å². The van der Waals surface area contributed by atoms with Crippen LogP contribution in [0.1, 0.15) is 44.2 Å². The molecule has 0 aromatic heterocycles. The van der Waals surface area contributed by atoms with Crippen LogP contribution >= 0.6 is 0 Å². The zero-order valence-electron chi connectivity index (χ0n) is 21.0. The highest BCUT2D eigenvalue weighted by Crippen LogP contribution is 2.53. The average Bonchev–Trinajstić information content (AvgIpc) is 3.27. The molecule has 1 fully saturated rings. The molecule has 2 aromatic carbocycles. The molecule has 0 unspecified atom stereocenters. The Labute approximate surface area is 211 Å². The molecular formula is C28H32N2O6. The van der Waals surface area contributed by atoms with Crippen LogP contribution in [-0.2, 0) is 24.7 Å². The number of benzene rings is 2. The van der Waals surface area contributed by atoms with Gasteiger partial charge in [0.25, 0.3) is 17.6 Å². The zero-order chi connectivity index (χ0) is 25.9. The van der Waals surface area contributed by atoms with Gasteiger partial charge in [-0.3, -0.25) is 14.4 Å². The summed E-state index contributed by atoms with van der Waals surface area (Å²) < 4.78 is 10.8. The van der Waals surface area contributed by atoms with Gasteiger partial charge in [0, 0.05) is 37.9 Å². The summed E-state index contributed by atoms with van der Waals surface area (Å²) in [6.45, 7) is 5.41. The number of nitrogens with zero attached hydrogens (tertiary/aromatic N) is 2. The van der Waals surface area contributed by atoms with E-state index in [9.17, 15) is 19.5 Å². The largest absolute Gasteiger partial charge is 0.507 e. The summed E-state index contributed by atoms with van der Waals surface area (Å²) in [4.78, 5) is 44.1. The molecule has 0 bridgehead atoms. The number of carbonyl (C=O) groups excluding carboxylic acids is 3. The van der Waals surface area contributed by atoms with E-state index >= 15 is 0 Å². The molecule has 0 radical (unpaired) electrons. The Morgan fingerprint density at radius 3 is 2.33 bits per heavy atom. The summed E-state index contributed by atoms with van der Waals surface area (Å²) in [5.41, 5.74) is -0.466. The number of hydrogen-bond donors (Lipinski definition) is 1. The molecule has 4 rings (SSSR count). The van der Waals surface area contributed by atoms with Crippen molar-refractivity contribution in [1.82, 2.24) is 4.90 Å². The molecule has 0 aliphatic carbocycles. The van der Waals surface area contributed by atoms with E-state index in [-0.39, 0.29) is 17.9 Å². The summed E-state index contributed by atoms with van der Waals surface area (Å²) in [7, 11) is 1.55. The number of Topliss-reactive ketones (excluding diaryl/α,β-unsaturated/α-hetero) is 1. The van der Waals surface area contributed by atoms with Crippen molar-refractivity contribution in [2.24, 2.45) is 0 Å². The molecule has 1 atom stereocenters. The maximum absolute atomic E-state index is 14.2. The molecule has 2 heterocycles. The zero-order valence-corrected chi connectivity index (χ0v) is 21.0. The van der Waals surface area contributed by atoms with Crippen LogP contribution < -0.4 is 9.64 Å². The minimum Gasteiger partial charge on any atom is -0.507 e. The van der Waals surface area contributed by atoms with Crippen LogP contribution in [-0.4, -0.2) is 61.0 Å². The molecule has 8 nitrogen and oxygen atoms in total. The highest BCUT2D eigenvalue weighted by Gasteiger charge is 2.66. The fraction of sp³-hybridized carbons (Fsp3) is 0.393. The molecule has 1 N–H and O–H groups in total. The van der Waals surface area contributed by atoms with Gasteiger partial charge in [-0.05, 0) is 49.6 Å². The van der Waals surface area contributed by atoms with Crippen molar-refractivity contribution >= 4 is 29.0 Å². The summed E-state index contributed by atoms with van der Waals surface area (Å²) in [5.74, 6) is -1.85. The van der Waals surface area contributed by atoms with E-state index < -0.39 is 23.1 Å². The van der Waals surface area contributed by atoms with Gasteiger partial charge >= 0.3 is 0 Å². The van der Waals surface area contributed by atoms with E-state index in [0.29, 0.717) is 55.2 Å². The van der Waals surface area contributed by atoms with Crippen LogP contribution in [0, 0.1) is 0 Å². The van der Waals surface area contributed by atoms with E-state index in [0.717, 1.165) is 6.42 Å². The topological polar surface area (TPSA) is 96.4 Å². The number of amides is 2. The first-order valence-electron chi connectivity index (χ1n) is 12.4. The Morgan fingerprint density at radius 2 is 1.67 bits per heavy atom. The second-order valence-corrected chi connectivity index (χ2v) is 8.91. The number of fused-ring (bicyclic) bond motifs is 2. The quantitative estimate of drug-likeness (QED) is 0.234. The lowest BCUT2D eigenvalue weighted by molar-refractivity contribution is -0.143. The van der Waals surface area contributed by atoms with Crippen molar-refractivity contribution in [3.05, 3.63) is 65.2 Å². The highest BCUT2D eigenvalue weighted by molar-refractivity contribution is 6.50. The number of ketones is 1. The van der Waals surface area contributed by atoms with Crippen molar-refractivity contribution < 1.29 is 29.0 Å². The van der Waals surface area contributed by atoms with E-state index in [4.69, 9.17) is 9.47 Å². The van der Waals surface area contributed by atoms with Crippen molar-refractivity contribution in [2.45, 2.75) is 38.6 Å². The second-order valence-electron chi connectivity index (χ2n) is 8.91. The van der Waals surface area contributed by atoms with Crippen LogP contribution in [0.15, 0.2) is 54.1 Å². The van der Waals surface area contributed by atoms with Gasteiger partial charge in [0.15, 0.2) is 5.54 Å². The maximum Gasteiger partial charge on any atom is 0.296 e. The summed E-state index contributed by atoms with van der Waals surface area (Å²) >= 11 is 0. The molecule has 36 heavy (non-hydrogen) atoms. The average molecular weight is 493 g/mol. The smallest absolute Gasteiger partial charge is 0.296 e. The molecule has 2 aliphatic heterocycles. The normalized spacial score (nSPS) is 20.5. The summed E-state index contributed by atoms with van der Waals surface area (Å²) in [6.07, 6.45) is 1.97. The van der Waals surface area contributed by atoms with Crippen LogP contribution in [0.3, 0.4) is 0 Å². The van der Waals surface area contributed by atoms with Crippen LogP contribution in [0.4, 0.5) is 5.69 Å². The molecule has 2 amide bonds. The van der Waals surface area contributed by atoms with Gasteiger partial charge in [0.2, 0.25) is 0 Å². The number of likely N-dealkylation sites (tertiary alicyclic amines) is 1. The molecular weight excluding hydrogens is 460 g/mol. The lowest BCUT2D eigenvalue weighted by Gasteiger charge is -2.34. The Balaban J connectivity index is 1.93. The van der Waals surface area contributed by atoms with Crippen molar-refractivity contribution in [2.75, 3.05) is 38.3 Å². The van der Waals surface area contributed by atoms with Crippen molar-refractivity contribution in [1.29, 1.82) is 0 Å². The van der Waals surface area contributed by atoms with Gasteiger partial charge in [-0.25, -0.2) is 0 Å². The fourth-order valence-corrected chi connectivity index (χ4v) is 5.05. The number of rotatable bonds is 10. The van der Waals surface area contributed by atoms with Gasteiger partial charge in [0.1, 0.15) is 11.5 Å². The monoisotopic (exact) mass is 492 g/mol. The first-order chi connectivity index (χ1) is 17.4. The van der Waals surface area contributed by atoms with Gasteiger partial charge < -0.3 is 24.4 Å². The van der Waals surface area contributed by atoms with E-state index in [2.05, 4.69) is 0 Å². The predicted molar refractivity (Wildman–Crippen MR) is 136 cm³/mol. The minimum absolute atomic E-state index is 0.124. The SMILES string of the molecule is CCCOc1ccc(/C(O)=C2\C(=O)C(=O)N(CCCOC)[C@@]23C(=O)N(CCC)c2ccccc23)cc1. The Hall–Kier alpha value is -3.65. The van der Waals surface area contributed by atoms with E-state index in [1.807, 2.05) is 26.0 Å². The number of methoxy groups -OCH3 is 1. The molecule has 1 saturated heterocycles. The third-order valence-electron chi connectivity index (χ3n) is 6.59. The van der Waals surface area contributed by atoms with Crippen molar-refractivity contribution in [3.63, 3.8) is 0 Å². The predicted octanol–water partition coefficient (Wildman–Crippen LogP) is 3.84. The number of ether oxygens (including phenoxy) is 2. The number of aliphatic hydroxyl groups is 1. The number of anilines is 1. The Bertz CT molecular complexity index is 1190. The molecule has 8 heteroatoms. The van der Waals surface area contributed by atoms with Crippen LogP contribution in [0.25, 0.3) is 5.76 Å². The fourth-order valence-electron chi connectivity index (χ4n) is 5.05. The minimum atomic E-state index is -1.74. The Morgan fingerprint density at radius 1 is 0.944 bits per heavy atom. The number of aliphatic hydroxyl groups excluding tert-OH is 1.